The number of nitrogens with one attached hydrogen (secondary N) is 2. The van der Waals surface area contributed by atoms with Crippen molar-refractivity contribution in [3.05, 3.63) is 51.0 Å². The summed E-state index contributed by atoms with van der Waals surface area (Å²) in [5.41, 5.74) is 2.11. The maximum atomic E-state index is 11.5. The van der Waals surface area contributed by atoms with Crippen molar-refractivity contribution >= 4 is 33.1 Å². The van der Waals surface area contributed by atoms with Gasteiger partial charge in [0, 0.05) is 4.47 Å². The average molecular weight is 305 g/mol. The van der Waals surface area contributed by atoms with Crippen molar-refractivity contribution in [3.8, 4) is 0 Å². The number of halogens is 1. The highest BCUT2D eigenvalue weighted by Gasteiger charge is 2.16. The van der Waals surface area contributed by atoms with Gasteiger partial charge in [0.25, 0.3) is 5.56 Å². The van der Waals surface area contributed by atoms with Crippen molar-refractivity contribution in [1.82, 2.24) is 9.97 Å². The van der Waals surface area contributed by atoms with Crippen molar-refractivity contribution in [3.63, 3.8) is 0 Å². The summed E-state index contributed by atoms with van der Waals surface area (Å²) in [6, 6.07) is 7.86. The van der Waals surface area contributed by atoms with E-state index in [4.69, 9.17) is 0 Å². The van der Waals surface area contributed by atoms with E-state index in [0.29, 0.717) is 18.1 Å². The highest BCUT2D eigenvalue weighted by atomic mass is 79.9. The van der Waals surface area contributed by atoms with Gasteiger partial charge in [0.2, 0.25) is 0 Å². The van der Waals surface area contributed by atoms with Gasteiger partial charge in [-0.3, -0.25) is 4.79 Å². The molecule has 1 aliphatic rings. The normalized spacial score (nSPS) is 13.5. The number of aromatic nitrogens is 2. The molecule has 5 nitrogen and oxygen atoms in total. The van der Waals surface area contributed by atoms with Gasteiger partial charge < -0.3 is 10.3 Å². The fraction of sp³-hybridized carbons (Fsp3) is 0.0833. The molecule has 90 valence electrons. The smallest absolute Gasteiger partial charge is 0.276 e. The third-order valence-electron chi connectivity index (χ3n) is 2.68. The molecule has 1 aromatic carbocycles. The van der Waals surface area contributed by atoms with Gasteiger partial charge in [0.05, 0.1) is 18.6 Å². The number of aromatic amines is 1. The summed E-state index contributed by atoms with van der Waals surface area (Å²) >= 11 is 3.39. The molecule has 0 unspecified atom stereocenters. The highest BCUT2D eigenvalue weighted by Crippen LogP contribution is 2.22. The Morgan fingerprint density at radius 1 is 1.22 bits per heavy atom. The highest BCUT2D eigenvalue weighted by molar-refractivity contribution is 9.10. The van der Waals surface area contributed by atoms with E-state index in [1.54, 1.807) is 0 Å². The predicted molar refractivity (Wildman–Crippen MR) is 73.7 cm³/mol. The van der Waals surface area contributed by atoms with Crippen LogP contribution in [0.25, 0.3) is 0 Å². The van der Waals surface area contributed by atoms with Crippen molar-refractivity contribution < 1.29 is 0 Å². The molecular formula is C12H9BrN4O. The molecular weight excluding hydrogens is 296 g/mol. The molecule has 0 bridgehead atoms. The van der Waals surface area contributed by atoms with E-state index in [-0.39, 0.29) is 5.56 Å². The lowest BCUT2D eigenvalue weighted by molar-refractivity contribution is 1.08. The Labute approximate surface area is 111 Å². The topological polar surface area (TPSA) is 70.1 Å². The SMILES string of the molecule is O=c1[nH]cnc2c1NCC(c1ccc(Br)cc1)=N2. The lowest BCUT2D eigenvalue weighted by atomic mass is 10.1. The van der Waals surface area contributed by atoms with E-state index in [1.165, 1.54) is 6.33 Å². The number of benzene rings is 1. The van der Waals surface area contributed by atoms with Crippen LogP contribution in [-0.2, 0) is 0 Å². The van der Waals surface area contributed by atoms with Gasteiger partial charge in [-0.05, 0) is 17.7 Å². The lowest BCUT2D eigenvalue weighted by Crippen LogP contribution is -2.24. The zero-order valence-corrected chi connectivity index (χ0v) is 10.9. The van der Waals surface area contributed by atoms with E-state index in [2.05, 4.69) is 36.2 Å². The first-order valence-electron chi connectivity index (χ1n) is 5.39. The molecule has 0 spiro atoms. The van der Waals surface area contributed by atoms with E-state index < -0.39 is 0 Å². The molecule has 0 amide bonds. The maximum absolute atomic E-state index is 11.5. The van der Waals surface area contributed by atoms with Crippen LogP contribution in [0.4, 0.5) is 11.5 Å². The summed E-state index contributed by atoms with van der Waals surface area (Å²) in [5.74, 6) is 0.433. The first kappa shape index (κ1) is 11.2. The molecule has 0 saturated heterocycles. The number of nitrogens with zero attached hydrogens (tertiary/aromatic N) is 2. The monoisotopic (exact) mass is 304 g/mol. The molecule has 1 aliphatic heterocycles. The average Bonchev–Trinajstić information content (AvgIpc) is 2.39. The zero-order chi connectivity index (χ0) is 12.5. The molecule has 0 radical (unpaired) electrons. The second kappa shape index (κ2) is 4.38. The van der Waals surface area contributed by atoms with Crippen molar-refractivity contribution in [2.24, 2.45) is 4.99 Å². The Balaban J connectivity index is 2.06. The van der Waals surface area contributed by atoms with E-state index in [1.807, 2.05) is 24.3 Å². The first-order chi connectivity index (χ1) is 8.74. The second-order valence-corrected chi connectivity index (χ2v) is 4.76. The minimum absolute atomic E-state index is 0.196. The Kier molecular flexibility index (Phi) is 2.71. The molecule has 0 atom stereocenters. The molecule has 2 heterocycles. The van der Waals surface area contributed by atoms with Gasteiger partial charge >= 0.3 is 0 Å². The van der Waals surface area contributed by atoms with Crippen LogP contribution in [-0.4, -0.2) is 22.2 Å². The molecule has 2 aromatic rings. The third-order valence-corrected chi connectivity index (χ3v) is 3.21. The lowest BCUT2D eigenvalue weighted by Gasteiger charge is -2.15. The summed E-state index contributed by atoms with van der Waals surface area (Å²) in [4.78, 5) is 22.5. The summed E-state index contributed by atoms with van der Waals surface area (Å²) in [6.07, 6.45) is 1.36. The molecule has 0 fully saturated rings. The number of H-pyrrole nitrogens is 1. The number of fused-ring (bicyclic) bond motifs is 1. The van der Waals surface area contributed by atoms with Crippen LogP contribution < -0.4 is 10.9 Å². The minimum atomic E-state index is -0.196. The van der Waals surface area contributed by atoms with Crippen molar-refractivity contribution in [2.75, 3.05) is 11.9 Å². The van der Waals surface area contributed by atoms with Gasteiger partial charge in [-0.15, -0.1) is 0 Å². The van der Waals surface area contributed by atoms with E-state index in [0.717, 1.165) is 15.7 Å². The van der Waals surface area contributed by atoms with Crippen LogP contribution in [0.2, 0.25) is 0 Å². The third kappa shape index (κ3) is 1.95. The molecule has 0 saturated carbocycles. The summed E-state index contributed by atoms with van der Waals surface area (Å²) in [5, 5.41) is 3.05. The number of anilines is 1. The summed E-state index contributed by atoms with van der Waals surface area (Å²) < 4.78 is 1.02. The molecule has 0 aliphatic carbocycles. The van der Waals surface area contributed by atoms with E-state index >= 15 is 0 Å². The summed E-state index contributed by atoms with van der Waals surface area (Å²) in [7, 11) is 0. The van der Waals surface area contributed by atoms with Gasteiger partial charge in [-0.25, -0.2) is 9.98 Å². The van der Waals surface area contributed by atoms with Crippen LogP contribution >= 0.6 is 15.9 Å². The molecule has 2 N–H and O–H groups in total. The maximum Gasteiger partial charge on any atom is 0.276 e. The van der Waals surface area contributed by atoms with Gasteiger partial charge in [-0.2, -0.15) is 0 Å². The van der Waals surface area contributed by atoms with Crippen LogP contribution in [0.3, 0.4) is 0 Å². The van der Waals surface area contributed by atoms with Gasteiger partial charge in [0.15, 0.2) is 5.82 Å². The fourth-order valence-corrected chi connectivity index (χ4v) is 2.05. The van der Waals surface area contributed by atoms with Crippen molar-refractivity contribution in [2.45, 2.75) is 0 Å². The zero-order valence-electron chi connectivity index (χ0n) is 9.27. The Hall–Kier alpha value is -1.95. The largest absolute Gasteiger partial charge is 0.372 e. The Morgan fingerprint density at radius 3 is 2.78 bits per heavy atom. The Bertz CT molecular complexity index is 675. The minimum Gasteiger partial charge on any atom is -0.372 e. The first-order valence-corrected chi connectivity index (χ1v) is 6.18. The predicted octanol–water partition coefficient (Wildman–Crippen LogP) is 2.08. The van der Waals surface area contributed by atoms with Crippen LogP contribution in [0, 0.1) is 0 Å². The van der Waals surface area contributed by atoms with Gasteiger partial charge in [0.1, 0.15) is 5.69 Å². The number of rotatable bonds is 1. The second-order valence-electron chi connectivity index (χ2n) is 3.85. The van der Waals surface area contributed by atoms with Gasteiger partial charge in [-0.1, -0.05) is 28.1 Å². The van der Waals surface area contributed by atoms with Crippen LogP contribution in [0.1, 0.15) is 5.56 Å². The van der Waals surface area contributed by atoms with Crippen molar-refractivity contribution in [1.29, 1.82) is 0 Å². The molecule has 3 rings (SSSR count). The van der Waals surface area contributed by atoms with Crippen LogP contribution in [0.15, 0.2) is 44.9 Å². The quantitative estimate of drug-likeness (QED) is 0.847. The molecule has 6 heteroatoms. The molecule has 18 heavy (non-hydrogen) atoms. The van der Waals surface area contributed by atoms with Crippen LogP contribution in [0.5, 0.6) is 0 Å². The number of hydrogen-bond acceptors (Lipinski definition) is 4. The fourth-order valence-electron chi connectivity index (χ4n) is 1.78. The standard InChI is InChI=1S/C12H9BrN4O/c13-8-3-1-7(2-4-8)9-5-14-10-11(17-9)15-6-16-12(10)18/h1-4,6,14H,5H2,(H,15,16,18). The Morgan fingerprint density at radius 2 is 2.00 bits per heavy atom. The molecule has 1 aromatic heterocycles. The number of hydrogen-bond donors (Lipinski definition) is 2. The summed E-state index contributed by atoms with van der Waals surface area (Å²) in [6.45, 7) is 0.517. The van der Waals surface area contributed by atoms with E-state index in [9.17, 15) is 4.79 Å². The number of aliphatic imine (C=N–C) groups is 1.